The van der Waals surface area contributed by atoms with Crippen molar-refractivity contribution in [1.29, 1.82) is 0 Å². The van der Waals surface area contributed by atoms with Crippen LogP contribution in [0, 0.1) is 0 Å². The SMILES string of the molecule is COCC(C)N(C)Cc1occc1C(=O)NN. The maximum Gasteiger partial charge on any atom is 0.268 e. The summed E-state index contributed by atoms with van der Waals surface area (Å²) in [5.41, 5.74) is 2.56. The summed E-state index contributed by atoms with van der Waals surface area (Å²) in [6.45, 7) is 3.19. The lowest BCUT2D eigenvalue weighted by molar-refractivity contribution is 0.0941. The lowest BCUT2D eigenvalue weighted by Gasteiger charge is -2.23. The number of nitrogens with one attached hydrogen (secondary N) is 1. The predicted molar refractivity (Wildman–Crippen MR) is 63.2 cm³/mol. The Labute approximate surface area is 101 Å². The van der Waals surface area contributed by atoms with Gasteiger partial charge in [0.2, 0.25) is 0 Å². The number of carbonyl (C=O) groups excluding carboxylic acids is 1. The molecule has 0 radical (unpaired) electrons. The molecule has 1 amide bonds. The molecule has 0 aliphatic carbocycles. The van der Waals surface area contributed by atoms with Gasteiger partial charge in [-0.05, 0) is 20.0 Å². The molecule has 0 aliphatic rings. The number of hydrogen-bond acceptors (Lipinski definition) is 5. The minimum Gasteiger partial charge on any atom is -0.467 e. The van der Waals surface area contributed by atoms with Crippen molar-refractivity contribution in [2.75, 3.05) is 20.8 Å². The molecule has 1 heterocycles. The first-order valence-electron chi connectivity index (χ1n) is 5.36. The van der Waals surface area contributed by atoms with Crippen molar-refractivity contribution in [2.45, 2.75) is 19.5 Å². The second-order valence-electron chi connectivity index (χ2n) is 3.95. The number of nitrogen functional groups attached to an aromatic ring is 1. The molecular weight excluding hydrogens is 222 g/mol. The Bertz CT molecular complexity index is 365. The molecule has 1 aromatic heterocycles. The van der Waals surface area contributed by atoms with E-state index in [1.54, 1.807) is 13.2 Å². The van der Waals surface area contributed by atoms with Crippen LogP contribution in [0.4, 0.5) is 0 Å². The number of carbonyl (C=O) groups is 1. The van der Waals surface area contributed by atoms with E-state index < -0.39 is 0 Å². The maximum atomic E-state index is 11.4. The Morgan fingerprint density at radius 1 is 1.71 bits per heavy atom. The summed E-state index contributed by atoms with van der Waals surface area (Å²) in [5.74, 6) is 5.35. The highest BCUT2D eigenvalue weighted by atomic mass is 16.5. The van der Waals surface area contributed by atoms with Crippen molar-refractivity contribution in [3.63, 3.8) is 0 Å². The number of amides is 1. The third-order valence-electron chi connectivity index (χ3n) is 2.67. The van der Waals surface area contributed by atoms with Crippen LogP contribution >= 0.6 is 0 Å². The molecule has 0 fully saturated rings. The average molecular weight is 241 g/mol. The second-order valence-corrected chi connectivity index (χ2v) is 3.95. The van der Waals surface area contributed by atoms with E-state index in [-0.39, 0.29) is 11.9 Å². The fraction of sp³-hybridized carbons (Fsp3) is 0.545. The summed E-state index contributed by atoms with van der Waals surface area (Å²) in [4.78, 5) is 13.5. The molecule has 0 saturated carbocycles. The normalized spacial score (nSPS) is 12.8. The van der Waals surface area contributed by atoms with Crippen LogP contribution in [-0.4, -0.2) is 37.6 Å². The van der Waals surface area contributed by atoms with Crippen LogP contribution < -0.4 is 11.3 Å². The fourth-order valence-corrected chi connectivity index (χ4v) is 1.49. The summed E-state index contributed by atoms with van der Waals surface area (Å²) < 4.78 is 10.4. The zero-order valence-corrected chi connectivity index (χ0v) is 10.4. The molecule has 6 heteroatoms. The lowest BCUT2D eigenvalue weighted by Crippen LogP contribution is -2.34. The quantitative estimate of drug-likeness (QED) is 0.427. The summed E-state index contributed by atoms with van der Waals surface area (Å²) in [5, 5.41) is 0. The van der Waals surface area contributed by atoms with Crippen LogP contribution in [0.1, 0.15) is 23.0 Å². The highest BCUT2D eigenvalue weighted by Gasteiger charge is 2.17. The Balaban J connectivity index is 2.68. The van der Waals surface area contributed by atoms with Gasteiger partial charge in [0.15, 0.2) is 0 Å². The smallest absolute Gasteiger partial charge is 0.268 e. The van der Waals surface area contributed by atoms with Gasteiger partial charge < -0.3 is 9.15 Å². The minimum atomic E-state index is -0.346. The molecule has 17 heavy (non-hydrogen) atoms. The number of likely N-dealkylation sites (N-methyl/N-ethyl adjacent to an activating group) is 1. The first-order valence-corrected chi connectivity index (χ1v) is 5.36. The number of nitrogens with two attached hydrogens (primary N) is 1. The van der Waals surface area contributed by atoms with Gasteiger partial charge in [0, 0.05) is 13.2 Å². The zero-order valence-electron chi connectivity index (χ0n) is 10.4. The first kappa shape index (κ1) is 13.7. The van der Waals surface area contributed by atoms with Crippen LogP contribution in [0.15, 0.2) is 16.7 Å². The van der Waals surface area contributed by atoms with Crippen molar-refractivity contribution in [3.8, 4) is 0 Å². The van der Waals surface area contributed by atoms with Crippen LogP contribution in [-0.2, 0) is 11.3 Å². The van der Waals surface area contributed by atoms with Gasteiger partial charge in [0.05, 0.1) is 25.0 Å². The number of methoxy groups -OCH3 is 1. The Morgan fingerprint density at radius 3 is 3.00 bits per heavy atom. The monoisotopic (exact) mass is 241 g/mol. The van der Waals surface area contributed by atoms with Gasteiger partial charge in [-0.15, -0.1) is 0 Å². The predicted octanol–water partition coefficient (Wildman–Crippen LogP) is 0.350. The largest absolute Gasteiger partial charge is 0.467 e. The van der Waals surface area contributed by atoms with Crippen molar-refractivity contribution in [2.24, 2.45) is 5.84 Å². The third kappa shape index (κ3) is 3.55. The number of nitrogens with zero attached hydrogens (tertiary/aromatic N) is 1. The van der Waals surface area contributed by atoms with E-state index in [9.17, 15) is 4.79 Å². The molecule has 0 aromatic carbocycles. The zero-order chi connectivity index (χ0) is 12.8. The fourth-order valence-electron chi connectivity index (χ4n) is 1.49. The molecule has 0 aliphatic heterocycles. The van der Waals surface area contributed by atoms with E-state index >= 15 is 0 Å². The third-order valence-corrected chi connectivity index (χ3v) is 2.67. The Kier molecular flexibility index (Phi) is 5.14. The molecule has 6 nitrogen and oxygen atoms in total. The molecule has 96 valence electrons. The van der Waals surface area contributed by atoms with E-state index in [1.165, 1.54) is 6.26 Å². The molecule has 0 bridgehead atoms. The number of hydrazine groups is 1. The summed E-state index contributed by atoms with van der Waals surface area (Å²) in [6, 6.07) is 1.84. The summed E-state index contributed by atoms with van der Waals surface area (Å²) in [7, 11) is 3.60. The standard InChI is InChI=1S/C11H19N3O3/c1-8(7-16-3)14(2)6-10-9(4-5-17-10)11(15)13-12/h4-5,8H,6-7,12H2,1-3H3,(H,13,15). The van der Waals surface area contributed by atoms with Gasteiger partial charge in [-0.1, -0.05) is 0 Å². The molecule has 3 N–H and O–H groups in total. The Morgan fingerprint density at radius 2 is 2.41 bits per heavy atom. The van der Waals surface area contributed by atoms with Crippen molar-refractivity contribution in [3.05, 3.63) is 23.7 Å². The van der Waals surface area contributed by atoms with Crippen molar-refractivity contribution >= 4 is 5.91 Å². The average Bonchev–Trinajstić information content (AvgIpc) is 2.76. The van der Waals surface area contributed by atoms with Crippen LogP contribution in [0.25, 0.3) is 0 Å². The molecular formula is C11H19N3O3. The first-order chi connectivity index (χ1) is 8.10. The molecule has 1 aromatic rings. The van der Waals surface area contributed by atoms with Crippen LogP contribution in [0.5, 0.6) is 0 Å². The summed E-state index contributed by atoms with van der Waals surface area (Å²) >= 11 is 0. The van der Waals surface area contributed by atoms with Crippen LogP contribution in [0.2, 0.25) is 0 Å². The lowest BCUT2D eigenvalue weighted by atomic mass is 10.2. The van der Waals surface area contributed by atoms with Crippen molar-refractivity contribution < 1.29 is 13.9 Å². The van der Waals surface area contributed by atoms with E-state index in [0.29, 0.717) is 24.5 Å². The summed E-state index contributed by atoms with van der Waals surface area (Å²) in [6.07, 6.45) is 1.48. The van der Waals surface area contributed by atoms with Gasteiger partial charge in [-0.25, -0.2) is 5.84 Å². The molecule has 1 rings (SSSR count). The topological polar surface area (TPSA) is 80.7 Å². The molecule has 0 spiro atoms. The molecule has 1 atom stereocenters. The van der Waals surface area contributed by atoms with Gasteiger partial charge in [-0.3, -0.25) is 15.1 Å². The van der Waals surface area contributed by atoms with Gasteiger partial charge in [-0.2, -0.15) is 0 Å². The molecule has 0 saturated heterocycles. The van der Waals surface area contributed by atoms with Crippen LogP contribution in [0.3, 0.4) is 0 Å². The molecule has 1 unspecified atom stereocenters. The van der Waals surface area contributed by atoms with Gasteiger partial charge >= 0.3 is 0 Å². The van der Waals surface area contributed by atoms with Gasteiger partial charge in [0.1, 0.15) is 5.76 Å². The minimum absolute atomic E-state index is 0.235. The maximum absolute atomic E-state index is 11.4. The second kappa shape index (κ2) is 6.39. The van der Waals surface area contributed by atoms with E-state index in [0.717, 1.165) is 0 Å². The number of furan rings is 1. The van der Waals surface area contributed by atoms with E-state index in [1.807, 2.05) is 18.9 Å². The van der Waals surface area contributed by atoms with E-state index in [2.05, 4.69) is 5.43 Å². The van der Waals surface area contributed by atoms with E-state index in [4.69, 9.17) is 15.0 Å². The highest BCUT2D eigenvalue weighted by molar-refractivity contribution is 5.94. The van der Waals surface area contributed by atoms with Gasteiger partial charge in [0.25, 0.3) is 5.91 Å². The number of ether oxygens (including phenoxy) is 1. The van der Waals surface area contributed by atoms with Crippen molar-refractivity contribution in [1.82, 2.24) is 10.3 Å². The Hall–Kier alpha value is -1.37. The highest BCUT2D eigenvalue weighted by Crippen LogP contribution is 2.13. The number of hydrogen-bond donors (Lipinski definition) is 2. The number of rotatable bonds is 6.